The third-order valence-corrected chi connectivity index (χ3v) is 5.13. The van der Waals surface area contributed by atoms with E-state index in [1.54, 1.807) is 0 Å². The van der Waals surface area contributed by atoms with E-state index in [1.165, 1.54) is 0 Å². The lowest BCUT2D eigenvalue weighted by molar-refractivity contribution is 0.0705. The number of carbonyl (C=O) groups is 1. The van der Waals surface area contributed by atoms with Crippen molar-refractivity contribution in [1.82, 2.24) is 14.9 Å². The Labute approximate surface area is 153 Å². The Balaban J connectivity index is 1.51. The zero-order valence-electron chi connectivity index (χ0n) is 15.3. The van der Waals surface area contributed by atoms with E-state index in [2.05, 4.69) is 4.98 Å². The van der Waals surface area contributed by atoms with Gasteiger partial charge in [-0.05, 0) is 49.2 Å². The third-order valence-electron chi connectivity index (χ3n) is 5.13. The van der Waals surface area contributed by atoms with E-state index in [0.29, 0.717) is 6.54 Å². The van der Waals surface area contributed by atoms with Crippen molar-refractivity contribution in [3.8, 4) is 0 Å². The van der Waals surface area contributed by atoms with Crippen molar-refractivity contribution < 1.29 is 4.79 Å². The molecule has 0 aliphatic carbocycles. The lowest BCUT2D eigenvalue weighted by Gasteiger charge is -2.32. The molecule has 5 nitrogen and oxygen atoms in total. The van der Waals surface area contributed by atoms with Crippen LogP contribution >= 0.6 is 0 Å². The first-order valence-electron chi connectivity index (χ1n) is 9.13. The predicted molar refractivity (Wildman–Crippen MR) is 105 cm³/mol. The highest BCUT2D eigenvalue weighted by atomic mass is 16.2. The molecule has 0 saturated carbocycles. The van der Waals surface area contributed by atoms with Crippen LogP contribution in [0.25, 0.3) is 11.0 Å². The number of piperidine rings is 1. The maximum Gasteiger partial charge on any atom is 0.253 e. The van der Waals surface area contributed by atoms with Gasteiger partial charge >= 0.3 is 0 Å². The average Bonchev–Trinajstić information content (AvgIpc) is 3.12. The number of imidazole rings is 1. The number of nitrogens with zero attached hydrogens (tertiary/aromatic N) is 3. The molecule has 1 atom stereocenters. The lowest BCUT2D eigenvalue weighted by atomic mass is 9.96. The minimum absolute atomic E-state index is 0.108. The number of rotatable bonds is 3. The first kappa shape index (κ1) is 16.6. The first-order chi connectivity index (χ1) is 12.6. The molecule has 1 aliphatic heterocycles. The van der Waals surface area contributed by atoms with E-state index < -0.39 is 0 Å². The van der Waals surface area contributed by atoms with Crippen molar-refractivity contribution in [1.29, 1.82) is 0 Å². The van der Waals surface area contributed by atoms with Gasteiger partial charge in [-0.25, -0.2) is 4.98 Å². The predicted octanol–water partition coefficient (Wildman–Crippen LogP) is 3.65. The van der Waals surface area contributed by atoms with Gasteiger partial charge in [-0.1, -0.05) is 12.1 Å². The number of fused-ring (bicyclic) bond motifs is 1. The highest BCUT2D eigenvalue weighted by Crippen LogP contribution is 2.27. The van der Waals surface area contributed by atoms with Crippen LogP contribution in [0.5, 0.6) is 0 Å². The van der Waals surface area contributed by atoms with Crippen molar-refractivity contribution in [2.75, 3.05) is 32.1 Å². The topological polar surface area (TPSA) is 52.2 Å². The number of para-hydroxylation sites is 2. The largest absolute Gasteiger partial charge is 0.378 e. The van der Waals surface area contributed by atoms with Crippen LogP contribution in [0.1, 0.15) is 34.9 Å². The highest BCUT2D eigenvalue weighted by molar-refractivity contribution is 5.94. The summed E-state index contributed by atoms with van der Waals surface area (Å²) in [5.74, 6) is 1.36. The van der Waals surface area contributed by atoms with E-state index >= 15 is 0 Å². The van der Waals surface area contributed by atoms with Crippen molar-refractivity contribution in [2.45, 2.75) is 18.8 Å². The summed E-state index contributed by atoms with van der Waals surface area (Å²) < 4.78 is 0. The second kappa shape index (κ2) is 6.83. The molecule has 1 amide bonds. The SMILES string of the molecule is CN(C)c1ccc(C(=O)N2CCCC(c3nc4ccccc4[nH]3)C2)cc1. The minimum Gasteiger partial charge on any atom is -0.378 e. The van der Waals surface area contributed by atoms with E-state index in [4.69, 9.17) is 4.98 Å². The Hall–Kier alpha value is -2.82. The average molecular weight is 348 g/mol. The summed E-state index contributed by atoms with van der Waals surface area (Å²) in [6.45, 7) is 1.53. The molecule has 0 bridgehead atoms. The van der Waals surface area contributed by atoms with Gasteiger partial charge in [-0.15, -0.1) is 0 Å². The molecule has 2 heterocycles. The zero-order valence-corrected chi connectivity index (χ0v) is 15.3. The van der Waals surface area contributed by atoms with Gasteiger partial charge in [0.15, 0.2) is 0 Å². The number of hydrogen-bond donors (Lipinski definition) is 1. The second-order valence-electron chi connectivity index (χ2n) is 7.17. The molecular formula is C21H24N4O. The van der Waals surface area contributed by atoms with Gasteiger partial charge in [0.25, 0.3) is 5.91 Å². The first-order valence-corrected chi connectivity index (χ1v) is 9.13. The molecule has 26 heavy (non-hydrogen) atoms. The Bertz CT molecular complexity index is 880. The maximum atomic E-state index is 12.9. The second-order valence-corrected chi connectivity index (χ2v) is 7.17. The molecule has 1 unspecified atom stereocenters. The molecule has 1 saturated heterocycles. The Morgan fingerprint density at radius 2 is 1.92 bits per heavy atom. The van der Waals surface area contributed by atoms with Gasteiger partial charge < -0.3 is 14.8 Å². The van der Waals surface area contributed by atoms with Crippen molar-refractivity contribution >= 4 is 22.6 Å². The fourth-order valence-electron chi connectivity index (χ4n) is 3.64. The quantitative estimate of drug-likeness (QED) is 0.786. The summed E-state index contributed by atoms with van der Waals surface area (Å²) in [7, 11) is 4.00. The standard InChI is InChI=1S/C21H24N4O/c1-24(2)17-11-9-15(10-12-17)21(26)25-13-5-6-16(14-25)20-22-18-7-3-4-8-19(18)23-20/h3-4,7-12,16H,5-6,13-14H2,1-2H3,(H,22,23). The van der Waals surface area contributed by atoms with Crippen LogP contribution in [-0.2, 0) is 0 Å². The van der Waals surface area contributed by atoms with Crippen molar-refractivity contribution in [3.63, 3.8) is 0 Å². The Morgan fingerprint density at radius 1 is 1.15 bits per heavy atom. The Morgan fingerprint density at radius 3 is 2.65 bits per heavy atom. The number of H-pyrrole nitrogens is 1. The molecule has 1 aliphatic rings. The monoisotopic (exact) mass is 348 g/mol. The lowest BCUT2D eigenvalue weighted by Crippen LogP contribution is -2.39. The number of amides is 1. The number of likely N-dealkylation sites (tertiary alicyclic amines) is 1. The summed E-state index contributed by atoms with van der Waals surface area (Å²) >= 11 is 0. The molecule has 0 spiro atoms. The third kappa shape index (κ3) is 3.17. The fourth-order valence-corrected chi connectivity index (χ4v) is 3.64. The van der Waals surface area contributed by atoms with Crippen LogP contribution in [0, 0.1) is 0 Å². The number of aromatic amines is 1. The van der Waals surface area contributed by atoms with Gasteiger partial charge in [0.05, 0.1) is 11.0 Å². The van der Waals surface area contributed by atoms with Crippen molar-refractivity contribution in [2.24, 2.45) is 0 Å². The molecule has 1 aromatic heterocycles. The van der Waals surface area contributed by atoms with Crippen LogP contribution in [0.4, 0.5) is 5.69 Å². The molecular weight excluding hydrogens is 324 g/mol. The normalized spacial score (nSPS) is 17.5. The molecule has 2 aromatic carbocycles. The summed E-state index contributed by atoms with van der Waals surface area (Å²) in [4.78, 5) is 25.1. The summed E-state index contributed by atoms with van der Waals surface area (Å²) in [5.41, 5.74) is 3.90. The van der Waals surface area contributed by atoms with Crippen LogP contribution in [-0.4, -0.2) is 48.0 Å². The molecule has 134 valence electrons. The number of carbonyl (C=O) groups excluding carboxylic acids is 1. The van der Waals surface area contributed by atoms with Crippen molar-refractivity contribution in [3.05, 3.63) is 59.9 Å². The van der Waals surface area contributed by atoms with Crippen LogP contribution < -0.4 is 4.90 Å². The molecule has 1 N–H and O–H groups in total. The van der Waals surface area contributed by atoms with Gasteiger partial charge in [-0.3, -0.25) is 4.79 Å². The van der Waals surface area contributed by atoms with Gasteiger partial charge in [0.1, 0.15) is 5.82 Å². The molecule has 1 fully saturated rings. The van der Waals surface area contributed by atoms with E-state index in [1.807, 2.05) is 72.4 Å². The highest BCUT2D eigenvalue weighted by Gasteiger charge is 2.27. The fraction of sp³-hybridized carbons (Fsp3) is 0.333. The number of aromatic nitrogens is 2. The number of nitrogens with one attached hydrogen (secondary N) is 1. The van der Waals surface area contributed by atoms with Gasteiger partial charge in [0.2, 0.25) is 0 Å². The molecule has 5 heteroatoms. The molecule has 3 aromatic rings. The number of benzene rings is 2. The summed E-state index contributed by atoms with van der Waals surface area (Å²) in [6.07, 6.45) is 2.06. The van der Waals surface area contributed by atoms with Gasteiger partial charge in [-0.2, -0.15) is 0 Å². The van der Waals surface area contributed by atoms with E-state index in [9.17, 15) is 4.79 Å². The van der Waals surface area contributed by atoms with Crippen LogP contribution in [0.15, 0.2) is 48.5 Å². The van der Waals surface area contributed by atoms with E-state index in [-0.39, 0.29) is 11.8 Å². The van der Waals surface area contributed by atoms with Gasteiger partial charge in [0, 0.05) is 44.4 Å². The molecule has 4 rings (SSSR count). The number of anilines is 1. The minimum atomic E-state index is 0.108. The smallest absolute Gasteiger partial charge is 0.253 e. The van der Waals surface area contributed by atoms with E-state index in [0.717, 1.165) is 47.5 Å². The Kier molecular flexibility index (Phi) is 4.37. The summed E-state index contributed by atoms with van der Waals surface area (Å²) in [5, 5.41) is 0. The van der Waals surface area contributed by atoms with Crippen LogP contribution in [0.3, 0.4) is 0 Å². The summed E-state index contributed by atoms with van der Waals surface area (Å²) in [6, 6.07) is 15.9. The van der Waals surface area contributed by atoms with Crippen LogP contribution in [0.2, 0.25) is 0 Å². The number of hydrogen-bond acceptors (Lipinski definition) is 3. The maximum absolute atomic E-state index is 12.9. The zero-order chi connectivity index (χ0) is 18.1. The molecule has 0 radical (unpaired) electrons.